The highest BCUT2D eigenvalue weighted by Gasteiger charge is 2.34. The van der Waals surface area contributed by atoms with Gasteiger partial charge in [0.05, 0.1) is 16.8 Å². The Hall–Kier alpha value is -1.46. The molecule has 0 radical (unpaired) electrons. The molecule has 3 atom stereocenters. The average Bonchev–Trinajstić information content (AvgIpc) is 3.48. The van der Waals surface area contributed by atoms with Gasteiger partial charge in [0.15, 0.2) is 5.13 Å². The van der Waals surface area contributed by atoms with Gasteiger partial charge in [0.2, 0.25) is 0 Å². The van der Waals surface area contributed by atoms with E-state index in [1.165, 1.54) is 6.20 Å². The number of hydrogen-bond acceptors (Lipinski definition) is 7. The fourth-order valence-electron chi connectivity index (χ4n) is 4.36. The van der Waals surface area contributed by atoms with Crippen molar-refractivity contribution in [3.63, 3.8) is 0 Å². The zero-order chi connectivity index (χ0) is 22.9. The molecule has 176 valence electrons. The third kappa shape index (κ3) is 5.53. The van der Waals surface area contributed by atoms with Gasteiger partial charge in [0.1, 0.15) is 10.7 Å². The number of benzene rings is 1. The molecule has 0 bridgehead atoms. The van der Waals surface area contributed by atoms with Gasteiger partial charge < -0.3 is 10.4 Å². The number of likely N-dealkylation sites (N-methyl/N-ethyl adjacent to an activating group) is 1. The summed E-state index contributed by atoms with van der Waals surface area (Å²) < 4.78 is 42.3. The Balaban J connectivity index is 1.49. The highest BCUT2D eigenvalue weighted by molar-refractivity contribution is 7.93. The molecular formula is C21H28ClFN4O3S2. The maximum atomic E-state index is 14.9. The number of thiazole rings is 1. The molecule has 7 nitrogen and oxygen atoms in total. The van der Waals surface area contributed by atoms with Crippen molar-refractivity contribution >= 4 is 43.8 Å². The van der Waals surface area contributed by atoms with Crippen molar-refractivity contribution in [3.8, 4) is 0 Å². The standard InChI is InChI=1S/C21H28ClFN4O3S2/c1-27(12-19(28)13-6-7-13)18-5-3-2-4-16(18)25-17-11-15(23)20(10-14(17)22)32(29,30)26-21-24-8-9-31-21/h8-11,13,16,18-19,25,28H,2-7,12H2,1H3,(H,24,26)/t16-,18-,19-/m0/s1. The summed E-state index contributed by atoms with van der Waals surface area (Å²) in [5.41, 5.74) is 0.366. The Bertz CT molecular complexity index is 1030. The number of sulfonamides is 1. The predicted octanol–water partition coefficient (Wildman–Crippen LogP) is 4.16. The third-order valence-corrected chi connectivity index (χ3v) is 8.73. The van der Waals surface area contributed by atoms with Gasteiger partial charge in [-0.2, -0.15) is 0 Å². The van der Waals surface area contributed by atoms with Crippen molar-refractivity contribution in [2.75, 3.05) is 23.6 Å². The average molecular weight is 503 g/mol. The SMILES string of the molecule is CN(C[C@H](O)C1CC1)[C@H]1CCCC[C@@H]1Nc1cc(F)c(S(=O)(=O)Nc2nccs2)cc1Cl. The van der Waals surface area contributed by atoms with Crippen LogP contribution in [0.2, 0.25) is 5.02 Å². The second kappa shape index (κ2) is 9.80. The van der Waals surface area contributed by atoms with Crippen molar-refractivity contribution in [2.45, 2.75) is 61.6 Å². The van der Waals surface area contributed by atoms with Gasteiger partial charge in [-0.3, -0.25) is 9.62 Å². The number of nitrogens with zero attached hydrogens (tertiary/aromatic N) is 2. The van der Waals surface area contributed by atoms with Crippen LogP contribution in [0.5, 0.6) is 0 Å². The molecule has 1 aromatic heterocycles. The minimum absolute atomic E-state index is 0.0213. The number of rotatable bonds is 9. The highest BCUT2D eigenvalue weighted by Crippen LogP contribution is 2.35. The van der Waals surface area contributed by atoms with E-state index in [-0.39, 0.29) is 28.3 Å². The number of aliphatic hydroxyl groups excluding tert-OH is 1. The Morgan fingerprint density at radius 3 is 2.75 bits per heavy atom. The van der Waals surface area contributed by atoms with Gasteiger partial charge in [-0.1, -0.05) is 24.4 Å². The zero-order valence-electron chi connectivity index (χ0n) is 17.8. The summed E-state index contributed by atoms with van der Waals surface area (Å²) in [5, 5.41) is 15.6. The van der Waals surface area contributed by atoms with E-state index in [4.69, 9.17) is 11.6 Å². The van der Waals surface area contributed by atoms with Crippen LogP contribution in [0, 0.1) is 11.7 Å². The molecule has 0 saturated heterocycles. The van der Waals surface area contributed by atoms with Crippen LogP contribution in [0.3, 0.4) is 0 Å². The molecule has 3 N–H and O–H groups in total. The van der Waals surface area contributed by atoms with E-state index in [0.29, 0.717) is 18.2 Å². The number of halogens is 2. The maximum absolute atomic E-state index is 14.9. The van der Waals surface area contributed by atoms with Crippen LogP contribution in [-0.4, -0.2) is 55.2 Å². The monoisotopic (exact) mass is 502 g/mol. The number of aromatic nitrogens is 1. The van der Waals surface area contributed by atoms with Crippen molar-refractivity contribution in [1.29, 1.82) is 0 Å². The van der Waals surface area contributed by atoms with Gasteiger partial charge >= 0.3 is 0 Å². The molecule has 2 fully saturated rings. The van der Waals surface area contributed by atoms with Crippen molar-refractivity contribution in [2.24, 2.45) is 5.92 Å². The normalized spacial score (nSPS) is 22.7. The van der Waals surface area contributed by atoms with Crippen molar-refractivity contribution in [1.82, 2.24) is 9.88 Å². The summed E-state index contributed by atoms with van der Waals surface area (Å²) in [6, 6.07) is 2.47. The Morgan fingerprint density at radius 2 is 2.06 bits per heavy atom. The number of aliphatic hydroxyl groups is 1. The molecule has 4 rings (SSSR count). The minimum Gasteiger partial charge on any atom is -0.392 e. The molecule has 2 aliphatic carbocycles. The summed E-state index contributed by atoms with van der Waals surface area (Å²) in [7, 11) is -2.14. The van der Waals surface area contributed by atoms with Crippen LogP contribution >= 0.6 is 22.9 Å². The molecule has 0 aliphatic heterocycles. The van der Waals surface area contributed by atoms with Crippen molar-refractivity contribution < 1.29 is 17.9 Å². The first-order chi connectivity index (χ1) is 15.2. The summed E-state index contributed by atoms with van der Waals surface area (Å²) in [4.78, 5) is 5.53. The smallest absolute Gasteiger partial charge is 0.266 e. The predicted molar refractivity (Wildman–Crippen MR) is 125 cm³/mol. The summed E-state index contributed by atoms with van der Waals surface area (Å²) >= 11 is 7.48. The van der Waals surface area contributed by atoms with E-state index < -0.39 is 20.7 Å². The molecule has 2 aliphatic rings. The number of nitrogens with one attached hydrogen (secondary N) is 2. The second-order valence-electron chi connectivity index (χ2n) is 8.65. The van der Waals surface area contributed by atoms with E-state index in [2.05, 4.69) is 19.9 Å². The summed E-state index contributed by atoms with van der Waals surface area (Å²) in [5.74, 6) is -0.478. The molecule has 0 spiro atoms. The fourth-order valence-corrected chi connectivity index (χ4v) is 6.51. The highest BCUT2D eigenvalue weighted by atomic mass is 35.5. The lowest BCUT2D eigenvalue weighted by Crippen LogP contribution is -2.49. The lowest BCUT2D eigenvalue weighted by atomic mass is 9.89. The molecule has 0 unspecified atom stereocenters. The minimum atomic E-state index is -4.15. The van der Waals surface area contributed by atoms with Crippen LogP contribution in [0.25, 0.3) is 0 Å². The molecule has 32 heavy (non-hydrogen) atoms. The molecule has 2 aromatic rings. The van der Waals surface area contributed by atoms with E-state index in [1.807, 2.05) is 7.05 Å². The fraction of sp³-hybridized carbons (Fsp3) is 0.571. The van der Waals surface area contributed by atoms with Gasteiger partial charge in [-0.05, 0) is 50.8 Å². The summed E-state index contributed by atoms with van der Waals surface area (Å²) in [6.07, 6.45) is 7.30. The third-order valence-electron chi connectivity index (χ3n) is 6.24. The Labute approximate surface area is 197 Å². The first kappa shape index (κ1) is 23.7. The zero-order valence-corrected chi connectivity index (χ0v) is 20.2. The van der Waals surface area contributed by atoms with E-state index in [1.54, 1.807) is 5.38 Å². The maximum Gasteiger partial charge on any atom is 0.266 e. The second-order valence-corrected chi connectivity index (χ2v) is 11.6. The first-order valence-electron chi connectivity index (χ1n) is 10.8. The van der Waals surface area contributed by atoms with Gasteiger partial charge in [0.25, 0.3) is 10.0 Å². The Morgan fingerprint density at radius 1 is 1.31 bits per heavy atom. The first-order valence-corrected chi connectivity index (χ1v) is 13.5. The van der Waals surface area contributed by atoms with Crippen LogP contribution < -0.4 is 10.0 Å². The van der Waals surface area contributed by atoms with Crippen LogP contribution in [0.4, 0.5) is 15.2 Å². The molecule has 2 saturated carbocycles. The molecule has 1 aromatic carbocycles. The number of anilines is 2. The van der Waals surface area contributed by atoms with E-state index in [0.717, 1.165) is 62.0 Å². The molecule has 0 amide bonds. The van der Waals surface area contributed by atoms with Crippen LogP contribution in [0.1, 0.15) is 38.5 Å². The Kier molecular flexibility index (Phi) is 7.26. The molecule has 11 heteroatoms. The molecule has 1 heterocycles. The van der Waals surface area contributed by atoms with Crippen molar-refractivity contribution in [3.05, 3.63) is 34.5 Å². The largest absolute Gasteiger partial charge is 0.392 e. The van der Waals surface area contributed by atoms with Gasteiger partial charge in [-0.25, -0.2) is 17.8 Å². The number of hydrogen-bond donors (Lipinski definition) is 3. The van der Waals surface area contributed by atoms with Gasteiger partial charge in [-0.15, -0.1) is 11.3 Å². The lowest BCUT2D eigenvalue weighted by molar-refractivity contribution is 0.0735. The van der Waals surface area contributed by atoms with Crippen LogP contribution in [-0.2, 0) is 10.0 Å². The quantitative estimate of drug-likeness (QED) is 0.476. The van der Waals surface area contributed by atoms with E-state index >= 15 is 0 Å². The summed E-state index contributed by atoms with van der Waals surface area (Å²) in [6.45, 7) is 0.606. The van der Waals surface area contributed by atoms with Crippen LogP contribution in [0.15, 0.2) is 28.6 Å². The lowest BCUT2D eigenvalue weighted by Gasteiger charge is -2.39. The van der Waals surface area contributed by atoms with Gasteiger partial charge in [0, 0.05) is 30.2 Å². The van der Waals surface area contributed by atoms with E-state index in [9.17, 15) is 17.9 Å². The topological polar surface area (TPSA) is 94.6 Å². The molecular weight excluding hydrogens is 475 g/mol.